The minimum atomic E-state index is -0.821. The molecule has 0 radical (unpaired) electrons. The average Bonchev–Trinajstić information content (AvgIpc) is 2.91. The van der Waals surface area contributed by atoms with Gasteiger partial charge in [-0.15, -0.1) is 0 Å². The van der Waals surface area contributed by atoms with Crippen molar-refractivity contribution in [2.24, 2.45) is 7.05 Å². The highest BCUT2D eigenvalue weighted by atomic mass is 16.3. The number of rotatable bonds is 2. The molecule has 0 aliphatic heterocycles. The number of furan rings is 1. The highest BCUT2D eigenvalue weighted by Gasteiger charge is 2.25. The molecule has 0 saturated carbocycles. The molecule has 0 saturated heterocycles. The molecule has 0 aliphatic rings. The summed E-state index contributed by atoms with van der Waals surface area (Å²) in [5, 5.41) is 0.995. The third kappa shape index (κ3) is 2.12. The Hall–Kier alpha value is -2.68. The highest BCUT2D eigenvalue weighted by Crippen LogP contribution is 2.39. The van der Waals surface area contributed by atoms with Crippen LogP contribution in [0.3, 0.4) is 0 Å². The Morgan fingerprint density at radius 3 is 2.62 bits per heavy atom. The largest absolute Gasteiger partial charge is 0.454 e. The van der Waals surface area contributed by atoms with Gasteiger partial charge in [0, 0.05) is 24.5 Å². The lowest BCUT2D eigenvalue weighted by atomic mass is 9.93. The first-order valence-electron chi connectivity index (χ1n) is 8.65. The first-order valence-corrected chi connectivity index (χ1v) is 8.15. The minimum absolute atomic E-state index is 0.714. The Balaban J connectivity index is 2.22. The van der Waals surface area contributed by atoms with E-state index in [0.717, 1.165) is 39.0 Å². The van der Waals surface area contributed by atoms with Gasteiger partial charge in [-0.2, -0.15) is 0 Å². The molecule has 0 fully saturated rings. The van der Waals surface area contributed by atoms with Gasteiger partial charge in [0.2, 0.25) is 5.69 Å². The number of aromatic nitrogens is 2. The third-order valence-corrected chi connectivity index (χ3v) is 4.50. The van der Waals surface area contributed by atoms with E-state index in [2.05, 4.69) is 10.6 Å². The fourth-order valence-electron chi connectivity index (χ4n) is 3.40. The molecule has 0 unspecified atom stereocenters. The fraction of sp³-hybridized carbons (Fsp3) is 0.238. The van der Waals surface area contributed by atoms with Crippen LogP contribution in [0.2, 0.25) is 0 Å². The summed E-state index contributed by atoms with van der Waals surface area (Å²) in [5.74, 6) is -0.821. The molecular weight excluding hydrogens is 296 g/mol. The Bertz CT molecular complexity index is 1110. The molecule has 120 valence electrons. The van der Waals surface area contributed by atoms with E-state index >= 15 is 0 Å². The summed E-state index contributed by atoms with van der Waals surface area (Å²) in [5.41, 5.74) is 6.17. The number of fused-ring (bicyclic) bond motifs is 3. The predicted molar refractivity (Wildman–Crippen MR) is 97.0 cm³/mol. The van der Waals surface area contributed by atoms with Gasteiger partial charge in [-0.3, -0.25) is 0 Å². The molecular formula is C21H21N2O+. The van der Waals surface area contributed by atoms with E-state index in [4.69, 9.17) is 10.8 Å². The van der Waals surface area contributed by atoms with Crippen LogP contribution in [0.25, 0.3) is 33.3 Å². The summed E-state index contributed by atoms with van der Waals surface area (Å²) in [7, 11) is 2.01. The van der Waals surface area contributed by atoms with Crippen LogP contribution >= 0.6 is 0 Å². The summed E-state index contributed by atoms with van der Waals surface area (Å²) < 4.78 is 17.0. The summed E-state index contributed by atoms with van der Waals surface area (Å²) in [6.45, 7) is 5.82. The quantitative estimate of drug-likeness (QED) is 0.492. The first kappa shape index (κ1) is 13.7. The molecule has 4 aromatic rings. The van der Waals surface area contributed by atoms with Gasteiger partial charge in [-0.05, 0) is 31.0 Å². The molecule has 0 spiro atoms. The van der Waals surface area contributed by atoms with Crippen molar-refractivity contribution in [2.75, 3.05) is 0 Å². The van der Waals surface area contributed by atoms with Gasteiger partial charge in [-0.25, -0.2) is 9.55 Å². The van der Waals surface area contributed by atoms with Crippen LogP contribution in [0.5, 0.6) is 0 Å². The second-order valence-electron chi connectivity index (χ2n) is 6.42. The zero-order chi connectivity index (χ0) is 17.8. The van der Waals surface area contributed by atoms with Crippen molar-refractivity contribution in [1.29, 1.82) is 0 Å². The van der Waals surface area contributed by atoms with Gasteiger partial charge in [0.15, 0.2) is 11.8 Å². The summed E-state index contributed by atoms with van der Waals surface area (Å²) in [4.78, 5) is 4.86. The predicted octanol–water partition coefficient (Wildman–Crippen LogP) is 4.90. The second-order valence-corrected chi connectivity index (χ2v) is 6.42. The van der Waals surface area contributed by atoms with Crippen LogP contribution in [0.15, 0.2) is 53.1 Å². The van der Waals surface area contributed by atoms with Crippen molar-refractivity contribution in [3.63, 3.8) is 0 Å². The molecule has 0 amide bonds. The average molecular weight is 318 g/mol. The SMILES string of the molecule is [2H]C(C)(C)c1c(-c2cccc[n+]2C)c(C)nc2c1oc1ccccc12. The van der Waals surface area contributed by atoms with Gasteiger partial charge in [-0.1, -0.05) is 26.0 Å². The smallest absolute Gasteiger partial charge is 0.214 e. The van der Waals surface area contributed by atoms with Gasteiger partial charge in [0.1, 0.15) is 18.1 Å². The first-order chi connectivity index (χ1) is 11.9. The molecule has 3 heterocycles. The van der Waals surface area contributed by atoms with E-state index in [1.807, 2.05) is 70.4 Å². The van der Waals surface area contributed by atoms with Gasteiger partial charge >= 0.3 is 0 Å². The lowest BCUT2D eigenvalue weighted by molar-refractivity contribution is -0.660. The molecule has 0 bridgehead atoms. The van der Waals surface area contributed by atoms with Crippen LogP contribution in [-0.2, 0) is 7.05 Å². The van der Waals surface area contributed by atoms with Crippen molar-refractivity contribution in [1.82, 2.24) is 4.98 Å². The zero-order valence-corrected chi connectivity index (χ0v) is 14.4. The second kappa shape index (κ2) is 5.45. The van der Waals surface area contributed by atoms with Crippen molar-refractivity contribution >= 4 is 22.1 Å². The molecule has 0 N–H and O–H groups in total. The van der Waals surface area contributed by atoms with E-state index in [1.54, 1.807) is 0 Å². The van der Waals surface area contributed by atoms with Crippen LogP contribution < -0.4 is 4.57 Å². The lowest BCUT2D eigenvalue weighted by Gasteiger charge is -2.14. The zero-order valence-electron chi connectivity index (χ0n) is 15.4. The van der Waals surface area contributed by atoms with Crippen molar-refractivity contribution in [3.05, 3.63) is 59.9 Å². The van der Waals surface area contributed by atoms with E-state index in [9.17, 15) is 0 Å². The third-order valence-electron chi connectivity index (χ3n) is 4.50. The normalized spacial score (nSPS) is 12.8. The van der Waals surface area contributed by atoms with Crippen molar-refractivity contribution in [3.8, 4) is 11.3 Å². The molecule has 1 aromatic carbocycles. The molecule has 0 atom stereocenters. The maximum absolute atomic E-state index is 8.79. The van der Waals surface area contributed by atoms with Crippen LogP contribution in [0, 0.1) is 6.92 Å². The maximum atomic E-state index is 8.79. The van der Waals surface area contributed by atoms with Gasteiger partial charge in [0.05, 0.1) is 11.3 Å². The highest BCUT2D eigenvalue weighted by molar-refractivity contribution is 6.05. The number of para-hydroxylation sites is 1. The Morgan fingerprint density at radius 2 is 1.88 bits per heavy atom. The molecule has 3 heteroatoms. The standard InChI is InChI=1S/C21H21N2O/c1-13(2)18-19(16-10-7-8-12-23(16)4)14(3)22-20-15-9-5-6-11-17(15)24-21(18)20/h5-13H,1-4H3/q+1/i13D. The summed E-state index contributed by atoms with van der Waals surface area (Å²) in [6.07, 6.45) is 2.01. The topological polar surface area (TPSA) is 29.9 Å². The van der Waals surface area contributed by atoms with Crippen molar-refractivity contribution < 1.29 is 10.4 Å². The van der Waals surface area contributed by atoms with Crippen molar-refractivity contribution in [2.45, 2.75) is 26.7 Å². The fourth-order valence-corrected chi connectivity index (χ4v) is 3.40. The van der Waals surface area contributed by atoms with E-state index in [0.29, 0.717) is 5.58 Å². The van der Waals surface area contributed by atoms with Crippen LogP contribution in [0.4, 0.5) is 0 Å². The lowest BCUT2D eigenvalue weighted by Crippen LogP contribution is -2.30. The van der Waals surface area contributed by atoms with E-state index < -0.39 is 5.89 Å². The van der Waals surface area contributed by atoms with E-state index in [-0.39, 0.29) is 0 Å². The summed E-state index contributed by atoms with van der Waals surface area (Å²) >= 11 is 0. The van der Waals surface area contributed by atoms with Crippen LogP contribution in [-0.4, -0.2) is 4.98 Å². The van der Waals surface area contributed by atoms with Gasteiger partial charge < -0.3 is 4.42 Å². The number of hydrogen-bond acceptors (Lipinski definition) is 2. The number of nitrogens with zero attached hydrogens (tertiary/aromatic N) is 2. The Morgan fingerprint density at radius 1 is 1.12 bits per heavy atom. The number of benzene rings is 1. The minimum Gasteiger partial charge on any atom is -0.454 e. The summed E-state index contributed by atoms with van der Waals surface area (Å²) in [6, 6.07) is 14.0. The maximum Gasteiger partial charge on any atom is 0.214 e. The Labute approximate surface area is 143 Å². The molecule has 24 heavy (non-hydrogen) atoms. The number of hydrogen-bond donors (Lipinski definition) is 0. The van der Waals surface area contributed by atoms with Crippen LogP contribution in [0.1, 0.15) is 32.4 Å². The number of pyridine rings is 2. The number of aryl methyl sites for hydroxylation is 2. The monoisotopic (exact) mass is 318 g/mol. The molecule has 0 aliphatic carbocycles. The molecule has 3 aromatic heterocycles. The Kier molecular flexibility index (Phi) is 3.12. The van der Waals surface area contributed by atoms with Gasteiger partial charge in [0.25, 0.3) is 0 Å². The molecule has 4 rings (SSSR count). The van der Waals surface area contributed by atoms with E-state index in [1.165, 1.54) is 0 Å². The molecule has 3 nitrogen and oxygen atoms in total.